The first kappa shape index (κ1) is 15.1. The van der Waals surface area contributed by atoms with Crippen LogP contribution in [0.4, 0.5) is 0 Å². The fourth-order valence-corrected chi connectivity index (χ4v) is 2.47. The number of benzene rings is 1. The predicted octanol–water partition coefficient (Wildman–Crippen LogP) is 2.96. The van der Waals surface area contributed by atoms with Crippen molar-refractivity contribution in [1.82, 2.24) is 0 Å². The summed E-state index contributed by atoms with van der Waals surface area (Å²) in [4.78, 5) is 0. The number of hydrogen-bond acceptors (Lipinski definition) is 2. The van der Waals surface area contributed by atoms with E-state index in [1.54, 1.807) is 6.07 Å². The van der Waals surface area contributed by atoms with Crippen molar-refractivity contribution in [2.45, 2.75) is 20.3 Å². The number of aromatic hydroxyl groups is 1. The van der Waals surface area contributed by atoms with Crippen molar-refractivity contribution in [1.29, 1.82) is 0 Å². The summed E-state index contributed by atoms with van der Waals surface area (Å²) in [6.45, 7) is 5.61. The Morgan fingerprint density at radius 3 is 2.86 bits per heavy atom. The third kappa shape index (κ3) is 3.85. The number of phenolic OH excluding ortho intramolecular Hbond substituents is 1. The summed E-state index contributed by atoms with van der Waals surface area (Å²) >= 11 is 0. The van der Waals surface area contributed by atoms with E-state index >= 15 is 0 Å². The van der Waals surface area contributed by atoms with Crippen LogP contribution in [0.3, 0.4) is 0 Å². The number of hydrogen-bond donors (Lipinski definition) is 2. The van der Waals surface area contributed by atoms with Gasteiger partial charge in [0.1, 0.15) is 12.3 Å². The Kier molecular flexibility index (Phi) is 4.99. The van der Waals surface area contributed by atoms with Crippen LogP contribution in [0, 0.1) is 0 Å². The number of allylic oxidation sites excluding steroid dienone is 4. The zero-order valence-electron chi connectivity index (χ0n) is 12.7. The van der Waals surface area contributed by atoms with Gasteiger partial charge in [-0.15, -0.1) is 0 Å². The summed E-state index contributed by atoms with van der Waals surface area (Å²) in [6, 6.07) is 7.48. The molecule has 0 amide bonds. The molecule has 1 aromatic rings. The summed E-state index contributed by atoms with van der Waals surface area (Å²) in [5, 5.41) is 10.2. The second-order valence-electron chi connectivity index (χ2n) is 5.33. The highest BCUT2D eigenvalue weighted by Gasteiger charge is 2.21. The molecule has 3 nitrogen and oxygen atoms in total. The zero-order chi connectivity index (χ0) is 15.2. The monoisotopic (exact) mass is 283 g/mol. The van der Waals surface area contributed by atoms with Crippen molar-refractivity contribution in [2.24, 2.45) is 5.73 Å². The van der Waals surface area contributed by atoms with Crippen LogP contribution in [0.5, 0.6) is 5.75 Å². The molecule has 0 bridgehead atoms. The number of nitrogens with two attached hydrogens (primary N) is 1. The lowest BCUT2D eigenvalue weighted by atomic mass is 10.00. The second-order valence-corrected chi connectivity index (χ2v) is 5.33. The van der Waals surface area contributed by atoms with Crippen LogP contribution >= 0.6 is 0 Å². The molecule has 3 N–H and O–H groups in total. The van der Waals surface area contributed by atoms with Gasteiger partial charge < -0.3 is 10.8 Å². The standard InChI is InChI=1S/C18H22N2O/c1-14-8-4-3-7-12-20(13-11-15(2)19)18(14)16-9-5-6-10-17(16)21/h3-6,8-11H,7,12-13,19H2,1-2H3/p+1/b4-3-,14-8+,15-11+. The van der Waals surface area contributed by atoms with E-state index in [1.807, 2.05) is 31.2 Å². The van der Waals surface area contributed by atoms with Crippen LogP contribution in [0.25, 0.3) is 0 Å². The molecule has 1 aliphatic rings. The summed E-state index contributed by atoms with van der Waals surface area (Å²) in [5.41, 5.74) is 9.65. The molecule has 3 heteroatoms. The van der Waals surface area contributed by atoms with Gasteiger partial charge >= 0.3 is 0 Å². The Balaban J connectivity index is 2.58. The minimum atomic E-state index is 0.309. The summed E-state index contributed by atoms with van der Waals surface area (Å²) < 4.78 is 2.26. The lowest BCUT2D eigenvalue weighted by Gasteiger charge is -2.12. The molecule has 0 saturated heterocycles. The molecule has 0 fully saturated rings. The van der Waals surface area contributed by atoms with E-state index in [2.05, 4.69) is 29.7 Å². The van der Waals surface area contributed by atoms with Gasteiger partial charge in [0.05, 0.1) is 5.56 Å². The molecule has 1 aliphatic heterocycles. The van der Waals surface area contributed by atoms with Gasteiger partial charge in [-0.3, -0.25) is 0 Å². The van der Waals surface area contributed by atoms with E-state index in [4.69, 9.17) is 5.73 Å². The minimum Gasteiger partial charge on any atom is -0.507 e. The van der Waals surface area contributed by atoms with Gasteiger partial charge in [-0.05, 0) is 32.1 Å². The fraction of sp³-hybridized carbons (Fsp3) is 0.278. The van der Waals surface area contributed by atoms with Crippen molar-refractivity contribution < 1.29 is 9.68 Å². The van der Waals surface area contributed by atoms with Gasteiger partial charge in [-0.25, -0.2) is 4.58 Å². The fourth-order valence-electron chi connectivity index (χ4n) is 2.47. The predicted molar refractivity (Wildman–Crippen MR) is 87.7 cm³/mol. The van der Waals surface area contributed by atoms with Gasteiger partial charge in [0, 0.05) is 17.7 Å². The molecule has 1 aromatic carbocycles. The number of para-hydroxylation sites is 1. The normalized spacial score (nSPS) is 20.5. The summed E-state index contributed by atoms with van der Waals surface area (Å²) in [7, 11) is 0. The highest BCUT2D eigenvalue weighted by molar-refractivity contribution is 6.10. The van der Waals surface area contributed by atoms with Gasteiger partial charge in [0.2, 0.25) is 5.71 Å². The molecule has 0 aromatic heterocycles. The van der Waals surface area contributed by atoms with E-state index in [0.717, 1.165) is 42.1 Å². The molecule has 21 heavy (non-hydrogen) atoms. The van der Waals surface area contributed by atoms with Crippen molar-refractivity contribution in [2.75, 3.05) is 13.1 Å². The van der Waals surface area contributed by atoms with Crippen LogP contribution in [-0.4, -0.2) is 28.5 Å². The molecule has 0 spiro atoms. The van der Waals surface area contributed by atoms with Gasteiger partial charge in [0.25, 0.3) is 0 Å². The molecule has 110 valence electrons. The maximum atomic E-state index is 10.2. The van der Waals surface area contributed by atoms with Crippen LogP contribution in [0.15, 0.2) is 59.8 Å². The summed E-state index contributed by atoms with van der Waals surface area (Å²) in [5.74, 6) is 0.309. The molecule has 0 unspecified atom stereocenters. The van der Waals surface area contributed by atoms with Crippen LogP contribution in [0.1, 0.15) is 25.8 Å². The molecule has 0 atom stereocenters. The Hall–Kier alpha value is -2.29. The Bertz CT molecular complexity index is 632. The molecule has 1 heterocycles. The third-order valence-corrected chi connectivity index (χ3v) is 3.53. The first-order chi connectivity index (χ1) is 10.1. The van der Waals surface area contributed by atoms with Gasteiger partial charge in [-0.2, -0.15) is 0 Å². The number of rotatable bonds is 3. The van der Waals surface area contributed by atoms with Crippen LogP contribution < -0.4 is 5.73 Å². The molecular formula is C18H23N2O+. The van der Waals surface area contributed by atoms with Crippen LogP contribution in [-0.2, 0) is 0 Å². The molecule has 0 aliphatic carbocycles. The maximum Gasteiger partial charge on any atom is 0.214 e. The van der Waals surface area contributed by atoms with E-state index in [1.165, 1.54) is 0 Å². The Labute approximate surface area is 126 Å². The first-order valence-electron chi connectivity index (χ1n) is 7.26. The van der Waals surface area contributed by atoms with E-state index in [-0.39, 0.29) is 0 Å². The summed E-state index contributed by atoms with van der Waals surface area (Å²) in [6.07, 6.45) is 9.32. The minimum absolute atomic E-state index is 0.309. The number of nitrogens with zero attached hydrogens (tertiary/aromatic N) is 1. The smallest absolute Gasteiger partial charge is 0.214 e. The highest BCUT2D eigenvalue weighted by atomic mass is 16.3. The van der Waals surface area contributed by atoms with E-state index in [9.17, 15) is 5.11 Å². The quantitative estimate of drug-likeness (QED) is 0.838. The molecule has 0 saturated carbocycles. The zero-order valence-corrected chi connectivity index (χ0v) is 12.7. The lowest BCUT2D eigenvalue weighted by Crippen LogP contribution is -2.26. The topological polar surface area (TPSA) is 49.3 Å². The molecule has 0 radical (unpaired) electrons. The third-order valence-electron chi connectivity index (χ3n) is 3.53. The Morgan fingerprint density at radius 2 is 2.14 bits per heavy atom. The number of phenols is 1. The average molecular weight is 283 g/mol. The molecular weight excluding hydrogens is 260 g/mol. The lowest BCUT2D eigenvalue weighted by molar-refractivity contribution is -0.516. The van der Waals surface area contributed by atoms with Gasteiger partial charge in [0.15, 0.2) is 6.54 Å². The first-order valence-corrected chi connectivity index (χ1v) is 7.26. The van der Waals surface area contributed by atoms with E-state index < -0.39 is 0 Å². The van der Waals surface area contributed by atoms with Crippen molar-refractivity contribution in [3.05, 3.63) is 65.4 Å². The SMILES string of the molecule is C/C(N)=C\C[N+]1=C(c2ccccc2O)/C(C)=C/C=C\CC1. The molecule has 2 rings (SSSR count). The van der Waals surface area contributed by atoms with Crippen molar-refractivity contribution in [3.8, 4) is 5.75 Å². The second kappa shape index (κ2) is 6.93. The van der Waals surface area contributed by atoms with Gasteiger partial charge in [-0.1, -0.05) is 30.4 Å². The largest absolute Gasteiger partial charge is 0.507 e. The highest BCUT2D eigenvalue weighted by Crippen LogP contribution is 2.21. The maximum absolute atomic E-state index is 10.2. The van der Waals surface area contributed by atoms with E-state index in [0.29, 0.717) is 5.75 Å². The average Bonchev–Trinajstić information content (AvgIpc) is 2.43. The van der Waals surface area contributed by atoms with Crippen LogP contribution in [0.2, 0.25) is 0 Å². The van der Waals surface area contributed by atoms with Crippen molar-refractivity contribution >= 4 is 5.71 Å². The van der Waals surface area contributed by atoms with Crippen molar-refractivity contribution in [3.63, 3.8) is 0 Å². The Morgan fingerprint density at radius 1 is 1.38 bits per heavy atom.